The first-order valence-corrected chi connectivity index (χ1v) is 12.6. The third-order valence-electron chi connectivity index (χ3n) is 6.43. The van der Waals surface area contributed by atoms with Crippen molar-refractivity contribution < 1.29 is 18.6 Å². The third-order valence-corrected chi connectivity index (χ3v) is 6.43. The summed E-state index contributed by atoms with van der Waals surface area (Å²) in [5.74, 6) is 2.32. The number of rotatable bonds is 13. The third kappa shape index (κ3) is 6.18. The maximum absolute atomic E-state index is 12.7. The number of hydrogen-bond acceptors (Lipinski definition) is 6. The van der Waals surface area contributed by atoms with Crippen LogP contribution in [-0.2, 0) is 6.54 Å². The van der Waals surface area contributed by atoms with Crippen molar-refractivity contribution >= 4 is 21.9 Å². The van der Waals surface area contributed by atoms with Crippen LogP contribution >= 0.6 is 0 Å². The second-order valence-corrected chi connectivity index (χ2v) is 9.09. The highest BCUT2D eigenvalue weighted by Crippen LogP contribution is 2.31. The molecule has 6 nitrogen and oxygen atoms in total. The van der Waals surface area contributed by atoms with Gasteiger partial charge in [0, 0.05) is 18.2 Å². The topological polar surface area (TPSA) is 61.1 Å². The van der Waals surface area contributed by atoms with Gasteiger partial charge in [-0.15, -0.1) is 0 Å². The molecule has 0 spiro atoms. The number of ether oxygens (including phenoxy) is 3. The molecule has 1 aromatic heterocycles. The van der Waals surface area contributed by atoms with E-state index in [9.17, 15) is 4.79 Å². The number of benzene rings is 3. The lowest BCUT2D eigenvalue weighted by molar-refractivity contribution is 0.294. The quantitative estimate of drug-likeness (QED) is 0.159. The molecule has 0 radical (unpaired) electrons. The van der Waals surface area contributed by atoms with E-state index < -0.39 is 0 Å². The van der Waals surface area contributed by atoms with Gasteiger partial charge in [-0.1, -0.05) is 43.5 Å². The Hall–Kier alpha value is -3.51. The van der Waals surface area contributed by atoms with Crippen LogP contribution in [0.5, 0.6) is 17.2 Å². The molecule has 0 saturated carbocycles. The van der Waals surface area contributed by atoms with Crippen LogP contribution in [0.15, 0.2) is 69.9 Å². The second kappa shape index (κ2) is 12.5. The van der Waals surface area contributed by atoms with Gasteiger partial charge in [0.15, 0.2) is 11.5 Å². The fourth-order valence-electron chi connectivity index (χ4n) is 4.52. The standard InChI is InChI=1S/C30H35NO5/c1-31(21-22-12-11-15-27(33-2)30(22)34-3)18-9-5-4-6-10-19-35-23-16-17-25-28(20-23)36-26-14-8-7-13-24(26)29(25)32/h7-8,11-17,20H,4-6,9-10,18-19,21H2,1-3H3. The number of unbranched alkanes of at least 4 members (excludes halogenated alkanes) is 4. The number of methoxy groups -OCH3 is 2. The van der Waals surface area contributed by atoms with E-state index in [4.69, 9.17) is 18.6 Å². The Balaban J connectivity index is 1.16. The molecule has 0 aliphatic heterocycles. The van der Waals surface area contributed by atoms with Crippen LogP contribution in [0.3, 0.4) is 0 Å². The molecule has 0 amide bonds. The smallest absolute Gasteiger partial charge is 0.200 e. The first kappa shape index (κ1) is 25.6. The summed E-state index contributed by atoms with van der Waals surface area (Å²) in [4.78, 5) is 15.0. The lowest BCUT2D eigenvalue weighted by Gasteiger charge is -2.19. The van der Waals surface area contributed by atoms with E-state index in [0.717, 1.165) is 55.2 Å². The maximum atomic E-state index is 12.7. The molecule has 36 heavy (non-hydrogen) atoms. The molecule has 0 saturated heterocycles. The van der Waals surface area contributed by atoms with E-state index in [0.29, 0.717) is 28.5 Å². The van der Waals surface area contributed by atoms with Gasteiger partial charge in [-0.2, -0.15) is 0 Å². The average molecular weight is 490 g/mol. The zero-order valence-electron chi connectivity index (χ0n) is 21.4. The predicted molar refractivity (Wildman–Crippen MR) is 144 cm³/mol. The van der Waals surface area contributed by atoms with E-state index in [1.54, 1.807) is 26.4 Å². The van der Waals surface area contributed by atoms with Crippen LogP contribution in [0.25, 0.3) is 21.9 Å². The minimum absolute atomic E-state index is 0.00771. The van der Waals surface area contributed by atoms with Gasteiger partial charge < -0.3 is 23.5 Å². The molecule has 1 heterocycles. The van der Waals surface area contributed by atoms with Crippen LogP contribution in [0.1, 0.15) is 37.7 Å². The molecule has 0 aliphatic rings. The van der Waals surface area contributed by atoms with Gasteiger partial charge in [-0.3, -0.25) is 4.79 Å². The van der Waals surface area contributed by atoms with Crippen LogP contribution in [-0.4, -0.2) is 39.3 Å². The molecule has 0 aliphatic carbocycles. The highest BCUT2D eigenvalue weighted by Gasteiger charge is 2.11. The van der Waals surface area contributed by atoms with Crippen molar-refractivity contribution in [2.24, 2.45) is 0 Å². The van der Waals surface area contributed by atoms with Crippen LogP contribution < -0.4 is 19.6 Å². The summed E-state index contributed by atoms with van der Waals surface area (Å²) in [5, 5.41) is 1.18. The number of para-hydroxylation sites is 2. The molecule has 6 heteroatoms. The Morgan fingerprint density at radius 1 is 0.806 bits per heavy atom. The van der Waals surface area contributed by atoms with Crippen molar-refractivity contribution in [2.45, 2.75) is 38.6 Å². The van der Waals surface area contributed by atoms with Crippen molar-refractivity contribution in [1.82, 2.24) is 4.90 Å². The van der Waals surface area contributed by atoms with Gasteiger partial charge in [0.2, 0.25) is 5.43 Å². The highest BCUT2D eigenvalue weighted by atomic mass is 16.5. The molecule has 4 aromatic rings. The second-order valence-electron chi connectivity index (χ2n) is 9.09. The number of hydrogen-bond donors (Lipinski definition) is 0. The number of nitrogens with zero attached hydrogens (tertiary/aromatic N) is 1. The molecule has 190 valence electrons. The molecule has 4 rings (SSSR count). The molecule has 0 bridgehead atoms. The highest BCUT2D eigenvalue weighted by molar-refractivity contribution is 5.90. The minimum Gasteiger partial charge on any atom is -0.493 e. The largest absolute Gasteiger partial charge is 0.493 e. The first-order valence-electron chi connectivity index (χ1n) is 12.6. The summed E-state index contributed by atoms with van der Waals surface area (Å²) in [6, 6.07) is 18.8. The van der Waals surface area contributed by atoms with Crippen LogP contribution in [0.4, 0.5) is 0 Å². The number of fused-ring (bicyclic) bond motifs is 2. The van der Waals surface area contributed by atoms with Crippen LogP contribution in [0.2, 0.25) is 0 Å². The van der Waals surface area contributed by atoms with E-state index in [1.807, 2.05) is 42.5 Å². The molecule has 0 fully saturated rings. The van der Waals surface area contributed by atoms with Crippen molar-refractivity contribution in [3.63, 3.8) is 0 Å². The molecule has 3 aromatic carbocycles. The van der Waals surface area contributed by atoms with E-state index in [2.05, 4.69) is 18.0 Å². The van der Waals surface area contributed by atoms with Crippen molar-refractivity contribution in [2.75, 3.05) is 34.4 Å². The first-order chi connectivity index (χ1) is 17.6. The van der Waals surface area contributed by atoms with Crippen LogP contribution in [0, 0.1) is 0 Å². The van der Waals surface area contributed by atoms with Gasteiger partial charge in [-0.25, -0.2) is 0 Å². The normalized spacial score (nSPS) is 11.3. The lowest BCUT2D eigenvalue weighted by Crippen LogP contribution is -2.19. The molecular formula is C30H35NO5. The summed E-state index contributed by atoms with van der Waals surface area (Å²) >= 11 is 0. The summed E-state index contributed by atoms with van der Waals surface area (Å²) in [6.45, 7) is 2.52. The van der Waals surface area contributed by atoms with Gasteiger partial charge in [0.05, 0.1) is 31.6 Å². The summed E-state index contributed by atoms with van der Waals surface area (Å²) in [7, 11) is 5.49. The van der Waals surface area contributed by atoms with E-state index >= 15 is 0 Å². The molecule has 0 unspecified atom stereocenters. The predicted octanol–water partition coefficient (Wildman–Crippen LogP) is 6.42. The van der Waals surface area contributed by atoms with Crippen molar-refractivity contribution in [1.29, 1.82) is 0 Å². The Kier molecular flexibility index (Phi) is 8.85. The fourth-order valence-corrected chi connectivity index (χ4v) is 4.52. The summed E-state index contributed by atoms with van der Waals surface area (Å²) < 4.78 is 22.8. The summed E-state index contributed by atoms with van der Waals surface area (Å²) in [6.07, 6.45) is 5.64. The Morgan fingerprint density at radius 2 is 1.58 bits per heavy atom. The molecule has 0 atom stereocenters. The van der Waals surface area contributed by atoms with Crippen molar-refractivity contribution in [3.05, 3.63) is 76.5 Å². The minimum atomic E-state index is -0.00771. The van der Waals surface area contributed by atoms with E-state index in [1.165, 1.54) is 12.8 Å². The average Bonchev–Trinajstić information content (AvgIpc) is 2.90. The monoisotopic (exact) mass is 489 g/mol. The van der Waals surface area contributed by atoms with Gasteiger partial charge in [-0.05, 0) is 56.8 Å². The fraction of sp³-hybridized carbons (Fsp3) is 0.367. The SMILES string of the molecule is COc1cccc(CN(C)CCCCCCCOc2ccc3c(=O)c4ccccc4oc3c2)c1OC. The van der Waals surface area contributed by atoms with Gasteiger partial charge in [0.25, 0.3) is 0 Å². The van der Waals surface area contributed by atoms with Gasteiger partial charge in [0.1, 0.15) is 16.9 Å². The summed E-state index contributed by atoms with van der Waals surface area (Å²) in [5.41, 5.74) is 2.29. The molecule has 0 N–H and O–H groups in total. The maximum Gasteiger partial charge on any atom is 0.200 e. The Morgan fingerprint density at radius 3 is 2.42 bits per heavy atom. The lowest BCUT2D eigenvalue weighted by atomic mass is 10.1. The Bertz CT molecular complexity index is 1350. The molecular weight excluding hydrogens is 454 g/mol. The van der Waals surface area contributed by atoms with E-state index in [-0.39, 0.29) is 5.43 Å². The zero-order valence-corrected chi connectivity index (χ0v) is 21.4. The Labute approximate surface area is 212 Å². The van der Waals surface area contributed by atoms with Crippen molar-refractivity contribution in [3.8, 4) is 17.2 Å². The van der Waals surface area contributed by atoms with Gasteiger partial charge >= 0.3 is 0 Å². The zero-order chi connectivity index (χ0) is 25.3.